The fourth-order valence-electron chi connectivity index (χ4n) is 1.88. The second-order valence-electron chi connectivity index (χ2n) is 5.33. The first-order chi connectivity index (χ1) is 10.4. The summed E-state index contributed by atoms with van der Waals surface area (Å²) >= 11 is 5.95. The van der Waals surface area contributed by atoms with Gasteiger partial charge in [0.1, 0.15) is 0 Å². The minimum Gasteiger partial charge on any atom is -0.396 e. The Hall–Kier alpha value is -1.92. The van der Waals surface area contributed by atoms with Crippen LogP contribution in [0.15, 0.2) is 24.3 Å². The molecule has 0 spiro atoms. The van der Waals surface area contributed by atoms with Crippen molar-refractivity contribution >= 4 is 17.5 Å². The Morgan fingerprint density at radius 2 is 2.14 bits per heavy atom. The summed E-state index contributed by atoms with van der Waals surface area (Å²) in [6.45, 7) is 5.44. The van der Waals surface area contributed by atoms with E-state index in [-0.39, 0.29) is 30.2 Å². The third-order valence-electron chi connectivity index (χ3n) is 3.54. The van der Waals surface area contributed by atoms with Gasteiger partial charge in [-0.05, 0) is 38.0 Å². The molecule has 0 aliphatic heterocycles. The van der Waals surface area contributed by atoms with Gasteiger partial charge in [0.2, 0.25) is 0 Å². The van der Waals surface area contributed by atoms with Gasteiger partial charge in [-0.3, -0.25) is 4.79 Å². The van der Waals surface area contributed by atoms with Crippen LogP contribution >= 0.6 is 11.6 Å². The highest BCUT2D eigenvalue weighted by molar-refractivity contribution is 6.30. The van der Waals surface area contributed by atoms with E-state index in [1.807, 2.05) is 19.9 Å². The molecule has 6 nitrogen and oxygen atoms in total. The number of nitrogens with zero attached hydrogens (tertiary/aromatic N) is 3. The lowest BCUT2D eigenvalue weighted by Crippen LogP contribution is -2.38. The molecule has 0 aliphatic carbocycles. The maximum atomic E-state index is 12.3. The summed E-state index contributed by atoms with van der Waals surface area (Å²) in [4.78, 5) is 13.7. The van der Waals surface area contributed by atoms with E-state index in [2.05, 4.69) is 15.5 Å². The summed E-state index contributed by atoms with van der Waals surface area (Å²) in [5, 5.41) is 21.0. The molecule has 2 aromatic rings. The molecule has 0 radical (unpaired) electrons. The predicted molar refractivity (Wildman–Crippen MR) is 84.3 cm³/mol. The number of hydrogen-bond donors (Lipinski definition) is 2. The summed E-state index contributed by atoms with van der Waals surface area (Å²) in [5.41, 5.74) is 1.48. The first-order valence-corrected chi connectivity index (χ1v) is 7.41. The predicted octanol–water partition coefficient (Wildman–Crippen LogP) is 1.98. The minimum atomic E-state index is -0.307. The van der Waals surface area contributed by atoms with E-state index in [0.717, 1.165) is 0 Å². The Morgan fingerprint density at radius 3 is 2.77 bits per heavy atom. The number of carbonyl (C=O) groups excluding carboxylic acids is 1. The Bertz CT molecular complexity index is 671. The normalized spacial score (nSPS) is 13.7. The maximum absolute atomic E-state index is 12.3. The van der Waals surface area contributed by atoms with Gasteiger partial charge >= 0.3 is 0 Å². The molecular formula is C15H19ClN4O2. The number of aromatic nitrogens is 3. The van der Waals surface area contributed by atoms with Gasteiger partial charge in [0, 0.05) is 17.7 Å². The van der Waals surface area contributed by atoms with E-state index >= 15 is 0 Å². The molecule has 118 valence electrons. The molecule has 1 amide bonds. The molecule has 1 aromatic heterocycles. The molecule has 2 atom stereocenters. The van der Waals surface area contributed by atoms with Crippen LogP contribution in [0.2, 0.25) is 5.02 Å². The number of hydrogen-bond acceptors (Lipinski definition) is 4. The fourth-order valence-corrected chi connectivity index (χ4v) is 2.06. The van der Waals surface area contributed by atoms with Crippen molar-refractivity contribution in [1.82, 2.24) is 20.3 Å². The third-order valence-corrected chi connectivity index (χ3v) is 3.77. The average Bonchev–Trinajstić information content (AvgIpc) is 2.88. The van der Waals surface area contributed by atoms with Gasteiger partial charge in [-0.1, -0.05) is 24.6 Å². The highest BCUT2D eigenvalue weighted by atomic mass is 35.5. The van der Waals surface area contributed by atoms with Gasteiger partial charge in [0.05, 0.1) is 11.4 Å². The average molecular weight is 323 g/mol. The molecule has 2 unspecified atom stereocenters. The van der Waals surface area contributed by atoms with Crippen LogP contribution in [-0.2, 0) is 0 Å². The number of halogens is 1. The molecule has 2 N–H and O–H groups in total. The van der Waals surface area contributed by atoms with Crippen molar-refractivity contribution in [2.24, 2.45) is 5.92 Å². The summed E-state index contributed by atoms with van der Waals surface area (Å²) in [5.74, 6) is -0.342. The third kappa shape index (κ3) is 3.64. The number of carbonyl (C=O) groups is 1. The monoisotopic (exact) mass is 322 g/mol. The van der Waals surface area contributed by atoms with E-state index in [0.29, 0.717) is 16.4 Å². The number of amides is 1. The van der Waals surface area contributed by atoms with Gasteiger partial charge in [0.15, 0.2) is 5.69 Å². The Morgan fingerprint density at radius 1 is 1.41 bits per heavy atom. The summed E-state index contributed by atoms with van der Waals surface area (Å²) in [6.07, 6.45) is 0. The van der Waals surface area contributed by atoms with Crippen LogP contribution in [-0.4, -0.2) is 38.7 Å². The number of aryl methyl sites for hydroxylation is 1. The summed E-state index contributed by atoms with van der Waals surface area (Å²) < 4.78 is 0. The zero-order chi connectivity index (χ0) is 16.3. The van der Waals surface area contributed by atoms with Gasteiger partial charge in [-0.25, -0.2) is 0 Å². The lowest BCUT2D eigenvalue weighted by molar-refractivity contribution is 0.0910. The number of benzene rings is 1. The molecular weight excluding hydrogens is 304 g/mol. The minimum absolute atomic E-state index is 0.00956. The quantitative estimate of drug-likeness (QED) is 0.882. The summed E-state index contributed by atoms with van der Waals surface area (Å²) in [6, 6.07) is 6.92. The van der Waals surface area contributed by atoms with Crippen LogP contribution in [0, 0.1) is 12.8 Å². The van der Waals surface area contributed by atoms with Crippen LogP contribution in [0.5, 0.6) is 0 Å². The molecule has 2 rings (SSSR count). The Kier molecular flexibility index (Phi) is 5.15. The maximum Gasteiger partial charge on any atom is 0.273 e. The largest absolute Gasteiger partial charge is 0.396 e. The van der Waals surface area contributed by atoms with Gasteiger partial charge in [0.25, 0.3) is 5.91 Å². The first-order valence-electron chi connectivity index (χ1n) is 7.04. The number of rotatable bonds is 5. The Labute approximate surface area is 134 Å². The molecule has 0 fully saturated rings. The van der Waals surface area contributed by atoms with E-state index in [4.69, 9.17) is 16.7 Å². The van der Waals surface area contributed by atoms with Crippen LogP contribution in [0.25, 0.3) is 5.69 Å². The van der Waals surface area contributed by atoms with E-state index in [1.54, 1.807) is 25.1 Å². The smallest absolute Gasteiger partial charge is 0.273 e. The van der Waals surface area contributed by atoms with Crippen molar-refractivity contribution in [3.05, 3.63) is 40.7 Å². The van der Waals surface area contributed by atoms with E-state index in [9.17, 15) is 4.79 Å². The molecule has 7 heteroatoms. The van der Waals surface area contributed by atoms with Crippen molar-refractivity contribution < 1.29 is 9.90 Å². The van der Waals surface area contributed by atoms with Crippen LogP contribution in [0.1, 0.15) is 30.0 Å². The first kappa shape index (κ1) is 16.5. The molecule has 0 saturated heterocycles. The fraction of sp³-hybridized carbons (Fsp3) is 0.400. The topological polar surface area (TPSA) is 80.0 Å². The van der Waals surface area contributed by atoms with Crippen LogP contribution in [0.4, 0.5) is 0 Å². The molecule has 0 saturated carbocycles. The standard InChI is InChI=1S/C15H19ClN4O2/c1-9(8-21)10(2)17-15(22)14-11(3)18-20(19-14)13-6-4-5-12(16)7-13/h4-7,9-10,21H,8H2,1-3H3,(H,17,22). The van der Waals surface area contributed by atoms with Crippen molar-refractivity contribution in [1.29, 1.82) is 0 Å². The van der Waals surface area contributed by atoms with Crippen molar-refractivity contribution in [2.75, 3.05) is 6.61 Å². The second-order valence-corrected chi connectivity index (χ2v) is 5.76. The van der Waals surface area contributed by atoms with Crippen LogP contribution < -0.4 is 5.32 Å². The molecule has 0 aliphatic rings. The van der Waals surface area contributed by atoms with Gasteiger partial charge in [-0.2, -0.15) is 9.90 Å². The lowest BCUT2D eigenvalue weighted by atomic mass is 10.1. The number of nitrogens with one attached hydrogen (secondary N) is 1. The van der Waals surface area contributed by atoms with Gasteiger partial charge in [-0.15, -0.1) is 5.10 Å². The molecule has 22 heavy (non-hydrogen) atoms. The Balaban J connectivity index is 2.21. The summed E-state index contributed by atoms with van der Waals surface area (Å²) in [7, 11) is 0. The number of aliphatic hydroxyl groups is 1. The molecule has 0 bridgehead atoms. The van der Waals surface area contributed by atoms with E-state index in [1.165, 1.54) is 4.80 Å². The SMILES string of the molecule is Cc1nn(-c2cccc(Cl)c2)nc1C(=O)NC(C)C(C)CO. The number of aliphatic hydroxyl groups excluding tert-OH is 1. The van der Waals surface area contributed by atoms with Crippen LogP contribution in [0.3, 0.4) is 0 Å². The van der Waals surface area contributed by atoms with Crippen molar-refractivity contribution in [3.8, 4) is 5.69 Å². The van der Waals surface area contributed by atoms with E-state index < -0.39 is 0 Å². The molecule has 1 heterocycles. The molecule has 1 aromatic carbocycles. The highest BCUT2D eigenvalue weighted by Gasteiger charge is 2.20. The zero-order valence-electron chi connectivity index (χ0n) is 12.7. The van der Waals surface area contributed by atoms with Crippen molar-refractivity contribution in [3.63, 3.8) is 0 Å². The van der Waals surface area contributed by atoms with Crippen molar-refractivity contribution in [2.45, 2.75) is 26.8 Å². The van der Waals surface area contributed by atoms with Gasteiger partial charge < -0.3 is 10.4 Å². The lowest BCUT2D eigenvalue weighted by Gasteiger charge is -2.18. The zero-order valence-corrected chi connectivity index (χ0v) is 13.5. The highest BCUT2D eigenvalue weighted by Crippen LogP contribution is 2.14. The second kappa shape index (κ2) is 6.89.